The van der Waals surface area contributed by atoms with Gasteiger partial charge in [0.05, 0.1) is 10.7 Å². The van der Waals surface area contributed by atoms with E-state index >= 15 is 0 Å². The molecule has 0 spiro atoms. The molecule has 29 heavy (non-hydrogen) atoms. The number of nitrogens with zero attached hydrogens (tertiary/aromatic N) is 2. The van der Waals surface area contributed by atoms with Gasteiger partial charge >= 0.3 is 0 Å². The summed E-state index contributed by atoms with van der Waals surface area (Å²) in [5.41, 5.74) is 1.70. The van der Waals surface area contributed by atoms with Crippen molar-refractivity contribution < 1.29 is 4.79 Å². The van der Waals surface area contributed by atoms with E-state index in [0.29, 0.717) is 41.7 Å². The number of guanidine groups is 1. The topological polar surface area (TPSA) is 68.8 Å². The highest BCUT2D eigenvalue weighted by Crippen LogP contribution is 2.22. The third-order valence-corrected chi connectivity index (χ3v) is 4.79. The van der Waals surface area contributed by atoms with E-state index in [9.17, 15) is 4.79 Å². The highest BCUT2D eigenvalue weighted by Gasteiger charge is 2.12. The average Bonchev–Trinajstić information content (AvgIpc) is 2.61. The summed E-state index contributed by atoms with van der Waals surface area (Å²) in [5.74, 6) is 0.625. The first-order valence-electron chi connectivity index (χ1n) is 10.0. The van der Waals surface area contributed by atoms with Crippen molar-refractivity contribution in [1.82, 2.24) is 15.5 Å². The zero-order valence-electron chi connectivity index (χ0n) is 18.5. The van der Waals surface area contributed by atoms with E-state index in [1.807, 2.05) is 25.1 Å². The van der Waals surface area contributed by atoms with Gasteiger partial charge < -0.3 is 16.0 Å². The molecule has 0 saturated carbocycles. The lowest BCUT2D eigenvalue weighted by Gasteiger charge is -2.30. The fourth-order valence-electron chi connectivity index (χ4n) is 3.03. The number of aryl methyl sites for hydroxylation is 1. The second-order valence-corrected chi connectivity index (χ2v) is 7.89. The van der Waals surface area contributed by atoms with Crippen molar-refractivity contribution in [2.75, 3.05) is 32.0 Å². The summed E-state index contributed by atoms with van der Waals surface area (Å²) < 4.78 is 0. The first-order chi connectivity index (χ1) is 13.2. The molecule has 0 unspecified atom stereocenters. The zero-order valence-corrected chi connectivity index (χ0v) is 21.6. The number of aliphatic imine (C=N–C) groups is 1. The van der Waals surface area contributed by atoms with Gasteiger partial charge in [0.1, 0.15) is 0 Å². The molecule has 0 fully saturated rings. The van der Waals surface area contributed by atoms with Crippen LogP contribution in [0, 0.1) is 6.92 Å². The van der Waals surface area contributed by atoms with Crippen LogP contribution >= 0.6 is 35.6 Å². The molecule has 1 aromatic carbocycles. The number of amides is 1. The van der Waals surface area contributed by atoms with E-state index in [1.54, 1.807) is 7.05 Å². The van der Waals surface area contributed by atoms with Crippen molar-refractivity contribution >= 4 is 53.1 Å². The maximum absolute atomic E-state index is 12.1. The maximum Gasteiger partial charge on any atom is 0.226 e. The lowest BCUT2D eigenvalue weighted by molar-refractivity contribution is -0.116. The van der Waals surface area contributed by atoms with Gasteiger partial charge in [0.2, 0.25) is 5.91 Å². The largest absolute Gasteiger partial charge is 0.356 e. The van der Waals surface area contributed by atoms with Gasteiger partial charge in [-0.2, -0.15) is 0 Å². The molecule has 1 amide bonds. The SMILES string of the molecule is CN=C(NCCCN(C(C)C)C(C)C)NCCC(=O)Nc1ccc(C)cc1Cl.I. The third-order valence-electron chi connectivity index (χ3n) is 4.48. The minimum atomic E-state index is -0.0850. The molecule has 0 radical (unpaired) electrons. The lowest BCUT2D eigenvalue weighted by Crippen LogP contribution is -2.41. The zero-order chi connectivity index (χ0) is 21.1. The Kier molecular flexibility index (Phi) is 14.3. The van der Waals surface area contributed by atoms with Crippen LogP contribution in [0.15, 0.2) is 23.2 Å². The molecule has 0 aliphatic carbocycles. The highest BCUT2D eigenvalue weighted by molar-refractivity contribution is 14.0. The number of benzene rings is 1. The van der Waals surface area contributed by atoms with Crippen LogP contribution in [0.5, 0.6) is 0 Å². The van der Waals surface area contributed by atoms with Crippen LogP contribution in [0.3, 0.4) is 0 Å². The number of carbonyl (C=O) groups is 1. The number of carbonyl (C=O) groups excluding carboxylic acids is 1. The summed E-state index contributed by atoms with van der Waals surface area (Å²) in [4.78, 5) is 18.8. The van der Waals surface area contributed by atoms with Crippen molar-refractivity contribution in [3.63, 3.8) is 0 Å². The standard InChI is InChI=1S/C21H36ClN5O.HI/c1-15(2)27(16(3)4)13-7-11-24-21(23-6)25-12-10-20(28)26-19-9-8-17(5)14-18(19)22;/h8-9,14-16H,7,10-13H2,1-6H3,(H,26,28)(H2,23,24,25);1H. The van der Waals surface area contributed by atoms with Crippen LogP contribution in [0.1, 0.15) is 46.1 Å². The van der Waals surface area contributed by atoms with Crippen LogP contribution in [0.25, 0.3) is 0 Å². The van der Waals surface area contributed by atoms with E-state index in [2.05, 4.69) is 53.5 Å². The third kappa shape index (κ3) is 11.1. The van der Waals surface area contributed by atoms with Gasteiger partial charge in [-0.15, -0.1) is 24.0 Å². The Morgan fingerprint density at radius 2 is 1.76 bits per heavy atom. The lowest BCUT2D eigenvalue weighted by atomic mass is 10.2. The molecule has 6 nitrogen and oxygen atoms in total. The Hall–Kier alpha value is -1.06. The summed E-state index contributed by atoms with van der Waals surface area (Å²) >= 11 is 6.15. The van der Waals surface area contributed by atoms with Crippen LogP contribution in [-0.4, -0.2) is 55.5 Å². The van der Waals surface area contributed by atoms with Crippen LogP contribution in [-0.2, 0) is 4.79 Å². The van der Waals surface area contributed by atoms with E-state index in [4.69, 9.17) is 11.6 Å². The molecule has 0 heterocycles. The van der Waals surface area contributed by atoms with Gasteiger partial charge in [0.15, 0.2) is 5.96 Å². The van der Waals surface area contributed by atoms with Crippen molar-refractivity contribution in [2.24, 2.45) is 4.99 Å². The normalized spacial score (nSPS) is 11.6. The summed E-state index contributed by atoms with van der Waals surface area (Å²) in [7, 11) is 1.73. The quantitative estimate of drug-likeness (QED) is 0.180. The molecular formula is C21H37ClIN5O. The first-order valence-corrected chi connectivity index (χ1v) is 10.4. The average molecular weight is 538 g/mol. The number of hydrogen-bond donors (Lipinski definition) is 3. The number of anilines is 1. The minimum Gasteiger partial charge on any atom is -0.356 e. The van der Waals surface area contributed by atoms with Crippen molar-refractivity contribution in [1.29, 1.82) is 0 Å². The van der Waals surface area contributed by atoms with Gasteiger partial charge in [-0.25, -0.2) is 0 Å². The van der Waals surface area contributed by atoms with E-state index < -0.39 is 0 Å². The van der Waals surface area contributed by atoms with Gasteiger partial charge in [0.25, 0.3) is 0 Å². The fourth-order valence-corrected chi connectivity index (χ4v) is 3.31. The van der Waals surface area contributed by atoms with Gasteiger partial charge in [-0.05, 0) is 58.7 Å². The predicted octanol–water partition coefficient (Wildman–Crippen LogP) is 4.27. The first kappa shape index (κ1) is 27.9. The van der Waals surface area contributed by atoms with Crippen LogP contribution in [0.2, 0.25) is 5.02 Å². The summed E-state index contributed by atoms with van der Waals surface area (Å²) in [6, 6.07) is 6.66. The van der Waals surface area contributed by atoms with Crippen LogP contribution in [0.4, 0.5) is 5.69 Å². The smallest absolute Gasteiger partial charge is 0.226 e. The molecule has 1 aromatic rings. The van der Waals surface area contributed by atoms with Crippen molar-refractivity contribution in [3.8, 4) is 0 Å². The molecule has 0 bridgehead atoms. The molecule has 166 valence electrons. The maximum atomic E-state index is 12.1. The van der Waals surface area contributed by atoms with E-state index in [1.165, 1.54) is 0 Å². The summed E-state index contributed by atoms with van der Waals surface area (Å²) in [6.07, 6.45) is 1.36. The monoisotopic (exact) mass is 537 g/mol. The molecule has 0 atom stereocenters. The molecule has 0 aliphatic heterocycles. The Balaban J connectivity index is 0.00000784. The number of halogens is 2. The Morgan fingerprint density at radius 3 is 2.31 bits per heavy atom. The summed E-state index contributed by atoms with van der Waals surface area (Å²) in [5, 5.41) is 9.87. The Bertz CT molecular complexity index is 644. The Labute approximate surface area is 198 Å². The molecule has 0 aromatic heterocycles. The van der Waals surface area contributed by atoms with Gasteiger partial charge in [-0.3, -0.25) is 14.7 Å². The van der Waals surface area contributed by atoms with E-state index in [-0.39, 0.29) is 29.9 Å². The molecule has 1 rings (SSSR count). The van der Waals surface area contributed by atoms with Crippen LogP contribution < -0.4 is 16.0 Å². The van der Waals surface area contributed by atoms with Gasteiger partial charge in [0, 0.05) is 45.2 Å². The fraction of sp³-hybridized carbons (Fsp3) is 0.619. The molecule has 0 aliphatic rings. The number of hydrogen-bond acceptors (Lipinski definition) is 3. The van der Waals surface area contributed by atoms with Crippen molar-refractivity contribution in [2.45, 2.75) is 59.5 Å². The highest BCUT2D eigenvalue weighted by atomic mass is 127. The van der Waals surface area contributed by atoms with Crippen molar-refractivity contribution in [3.05, 3.63) is 28.8 Å². The second-order valence-electron chi connectivity index (χ2n) is 7.49. The molecule has 8 heteroatoms. The number of rotatable bonds is 10. The predicted molar refractivity (Wildman–Crippen MR) is 136 cm³/mol. The van der Waals surface area contributed by atoms with E-state index in [0.717, 1.165) is 25.1 Å². The summed E-state index contributed by atoms with van der Waals surface area (Å²) in [6.45, 7) is 13.2. The molecule has 3 N–H and O–H groups in total. The Morgan fingerprint density at radius 1 is 1.14 bits per heavy atom. The minimum absolute atomic E-state index is 0. The second kappa shape index (κ2) is 14.8. The molecular weight excluding hydrogens is 501 g/mol. The number of nitrogens with one attached hydrogen (secondary N) is 3. The molecule has 0 saturated heterocycles. The van der Waals surface area contributed by atoms with Gasteiger partial charge in [-0.1, -0.05) is 17.7 Å².